The van der Waals surface area contributed by atoms with Crippen LogP contribution in [0.5, 0.6) is 5.75 Å². The molecular formula is C30H34Cl3N3O5S. The van der Waals surface area contributed by atoms with Gasteiger partial charge in [0.15, 0.2) is 0 Å². The maximum absolute atomic E-state index is 14.1. The van der Waals surface area contributed by atoms with Gasteiger partial charge in [-0.1, -0.05) is 72.4 Å². The van der Waals surface area contributed by atoms with Gasteiger partial charge < -0.3 is 15.0 Å². The van der Waals surface area contributed by atoms with Gasteiger partial charge in [0.25, 0.3) is 10.0 Å². The number of nitrogens with one attached hydrogen (secondary N) is 1. The number of benzene rings is 3. The molecule has 3 aromatic rings. The number of carbonyl (C=O) groups is 2. The molecule has 12 heteroatoms. The van der Waals surface area contributed by atoms with E-state index in [1.807, 2.05) is 20.8 Å². The first kappa shape index (κ1) is 33.5. The van der Waals surface area contributed by atoms with Crippen molar-refractivity contribution >= 4 is 62.3 Å². The van der Waals surface area contributed by atoms with Crippen molar-refractivity contribution in [2.75, 3.05) is 24.5 Å². The molecule has 0 aliphatic heterocycles. The average molecular weight is 655 g/mol. The number of halogens is 3. The lowest BCUT2D eigenvalue weighted by atomic mass is 10.1. The molecule has 0 unspecified atom stereocenters. The zero-order chi connectivity index (χ0) is 31.2. The van der Waals surface area contributed by atoms with Crippen LogP contribution in [-0.2, 0) is 26.2 Å². The Morgan fingerprint density at radius 1 is 0.929 bits per heavy atom. The van der Waals surface area contributed by atoms with E-state index in [0.29, 0.717) is 22.2 Å². The maximum Gasteiger partial charge on any atom is 0.264 e. The Labute approximate surface area is 262 Å². The Hall–Kier alpha value is -2.98. The number of anilines is 1. The van der Waals surface area contributed by atoms with E-state index in [1.54, 1.807) is 37.3 Å². The molecule has 0 saturated heterocycles. The van der Waals surface area contributed by atoms with Crippen LogP contribution in [0.2, 0.25) is 15.1 Å². The highest BCUT2D eigenvalue weighted by Gasteiger charge is 2.34. The van der Waals surface area contributed by atoms with Crippen LogP contribution in [0, 0.1) is 12.8 Å². The number of aryl methyl sites for hydroxylation is 1. The van der Waals surface area contributed by atoms with Crippen molar-refractivity contribution in [1.29, 1.82) is 0 Å². The van der Waals surface area contributed by atoms with E-state index >= 15 is 0 Å². The first-order chi connectivity index (χ1) is 19.7. The zero-order valence-electron chi connectivity index (χ0n) is 24.0. The molecule has 0 aliphatic rings. The summed E-state index contributed by atoms with van der Waals surface area (Å²) in [4.78, 5) is 28.5. The number of nitrogens with zero attached hydrogens (tertiary/aromatic N) is 2. The van der Waals surface area contributed by atoms with Gasteiger partial charge in [-0.2, -0.15) is 0 Å². The molecule has 42 heavy (non-hydrogen) atoms. The van der Waals surface area contributed by atoms with E-state index < -0.39 is 34.4 Å². The summed E-state index contributed by atoms with van der Waals surface area (Å²) in [5, 5.41) is 3.80. The summed E-state index contributed by atoms with van der Waals surface area (Å²) in [7, 11) is -2.91. The Morgan fingerprint density at radius 2 is 1.55 bits per heavy atom. The Morgan fingerprint density at radius 3 is 2.14 bits per heavy atom. The highest BCUT2D eigenvalue weighted by Crippen LogP contribution is 2.35. The highest BCUT2D eigenvalue weighted by atomic mass is 35.5. The summed E-state index contributed by atoms with van der Waals surface area (Å²) in [6.45, 7) is 7.00. The van der Waals surface area contributed by atoms with Crippen molar-refractivity contribution in [3.05, 3.63) is 86.9 Å². The van der Waals surface area contributed by atoms with E-state index in [0.717, 1.165) is 9.87 Å². The molecule has 1 atom stereocenters. The van der Waals surface area contributed by atoms with Crippen LogP contribution in [0.25, 0.3) is 0 Å². The molecule has 0 aliphatic carbocycles. The minimum absolute atomic E-state index is 0.0297. The van der Waals surface area contributed by atoms with Crippen LogP contribution in [-0.4, -0.2) is 51.4 Å². The van der Waals surface area contributed by atoms with E-state index in [9.17, 15) is 18.0 Å². The van der Waals surface area contributed by atoms with Crippen molar-refractivity contribution in [3.63, 3.8) is 0 Å². The van der Waals surface area contributed by atoms with Gasteiger partial charge in [0.1, 0.15) is 18.3 Å². The molecular weight excluding hydrogens is 621 g/mol. The second-order valence-corrected chi connectivity index (χ2v) is 13.4. The van der Waals surface area contributed by atoms with Crippen LogP contribution in [0.1, 0.15) is 31.9 Å². The van der Waals surface area contributed by atoms with Gasteiger partial charge >= 0.3 is 0 Å². The molecule has 0 saturated carbocycles. The van der Waals surface area contributed by atoms with E-state index in [4.69, 9.17) is 39.5 Å². The predicted octanol–water partition coefficient (Wildman–Crippen LogP) is 6.35. The van der Waals surface area contributed by atoms with Crippen molar-refractivity contribution < 1.29 is 22.7 Å². The lowest BCUT2D eigenvalue weighted by molar-refractivity contribution is -0.139. The van der Waals surface area contributed by atoms with Gasteiger partial charge in [0.2, 0.25) is 11.8 Å². The topological polar surface area (TPSA) is 96.0 Å². The van der Waals surface area contributed by atoms with Gasteiger partial charge in [0, 0.05) is 28.2 Å². The largest absolute Gasteiger partial charge is 0.495 e. The normalized spacial score (nSPS) is 12.1. The van der Waals surface area contributed by atoms with Crippen LogP contribution < -0.4 is 14.4 Å². The molecule has 0 bridgehead atoms. The molecule has 3 aromatic carbocycles. The van der Waals surface area contributed by atoms with E-state index in [-0.39, 0.29) is 33.8 Å². The average Bonchev–Trinajstić information content (AvgIpc) is 2.93. The van der Waals surface area contributed by atoms with Crippen molar-refractivity contribution in [1.82, 2.24) is 10.2 Å². The Bertz CT molecular complexity index is 1530. The summed E-state index contributed by atoms with van der Waals surface area (Å²) >= 11 is 18.8. The first-order valence-corrected chi connectivity index (χ1v) is 15.8. The van der Waals surface area contributed by atoms with E-state index in [2.05, 4.69) is 5.32 Å². The number of carbonyl (C=O) groups excluding carboxylic acids is 2. The summed E-state index contributed by atoms with van der Waals surface area (Å²) < 4.78 is 34.5. The third kappa shape index (κ3) is 8.31. The second-order valence-electron chi connectivity index (χ2n) is 10.2. The number of amides is 2. The monoisotopic (exact) mass is 653 g/mol. The molecule has 226 valence electrons. The number of sulfonamides is 1. The number of ether oxygens (including phenoxy) is 1. The fraction of sp³-hybridized carbons (Fsp3) is 0.333. The highest BCUT2D eigenvalue weighted by molar-refractivity contribution is 7.92. The molecule has 0 fully saturated rings. The summed E-state index contributed by atoms with van der Waals surface area (Å²) in [6.07, 6.45) is 0. The van der Waals surface area contributed by atoms with E-state index in [1.165, 1.54) is 42.3 Å². The molecule has 0 radical (unpaired) electrons. The van der Waals surface area contributed by atoms with Gasteiger partial charge in [-0.15, -0.1) is 0 Å². The van der Waals surface area contributed by atoms with Gasteiger partial charge in [0.05, 0.1) is 17.7 Å². The third-order valence-corrected chi connectivity index (χ3v) is 9.10. The molecule has 0 heterocycles. The fourth-order valence-electron chi connectivity index (χ4n) is 4.08. The molecule has 1 N–H and O–H groups in total. The maximum atomic E-state index is 14.1. The fourth-order valence-corrected chi connectivity index (χ4v) is 6.13. The molecule has 0 spiro atoms. The first-order valence-electron chi connectivity index (χ1n) is 13.2. The van der Waals surface area contributed by atoms with Crippen LogP contribution in [0.15, 0.2) is 65.6 Å². The van der Waals surface area contributed by atoms with Crippen molar-refractivity contribution in [2.45, 2.75) is 45.2 Å². The van der Waals surface area contributed by atoms with Crippen molar-refractivity contribution in [2.24, 2.45) is 5.92 Å². The number of rotatable bonds is 12. The zero-order valence-corrected chi connectivity index (χ0v) is 27.1. The summed E-state index contributed by atoms with van der Waals surface area (Å²) in [6, 6.07) is 14.6. The molecule has 3 rings (SSSR count). The SMILES string of the molecule is COc1ccc(Cl)cc1N(CC(=O)N(Cc1ccc(Cl)cc1Cl)[C@H](C)C(=O)NCC(C)C)S(=O)(=O)c1ccc(C)cc1. The minimum atomic E-state index is -4.30. The van der Waals surface area contributed by atoms with Crippen molar-refractivity contribution in [3.8, 4) is 5.75 Å². The summed E-state index contributed by atoms with van der Waals surface area (Å²) in [5.74, 6) is -0.666. The Kier molecular flexibility index (Phi) is 11.5. The minimum Gasteiger partial charge on any atom is -0.495 e. The van der Waals surface area contributed by atoms with Crippen LogP contribution >= 0.6 is 34.8 Å². The third-order valence-electron chi connectivity index (χ3n) is 6.51. The standard InChI is InChI=1S/C30H34Cl3N3O5S/c1-19(2)16-34-30(38)21(4)35(17-22-8-9-23(31)14-26(22)33)29(37)18-36(27-15-24(32)10-13-28(27)41-5)42(39,40)25-11-6-20(3)7-12-25/h6-15,19,21H,16-18H2,1-5H3,(H,34,38)/t21-/m1/s1. The smallest absolute Gasteiger partial charge is 0.264 e. The van der Waals surface area contributed by atoms with Gasteiger partial charge in [-0.25, -0.2) is 8.42 Å². The number of methoxy groups -OCH3 is 1. The lowest BCUT2D eigenvalue weighted by Gasteiger charge is -2.32. The van der Waals surface area contributed by atoms with Gasteiger partial charge in [-0.05, 0) is 67.8 Å². The molecule has 8 nitrogen and oxygen atoms in total. The quantitative estimate of drug-likeness (QED) is 0.246. The number of hydrogen-bond acceptors (Lipinski definition) is 5. The molecule has 0 aromatic heterocycles. The lowest BCUT2D eigenvalue weighted by Crippen LogP contribution is -2.51. The van der Waals surface area contributed by atoms with Crippen LogP contribution in [0.4, 0.5) is 5.69 Å². The van der Waals surface area contributed by atoms with Gasteiger partial charge in [-0.3, -0.25) is 13.9 Å². The Balaban J connectivity index is 2.10. The molecule has 2 amide bonds. The summed E-state index contributed by atoms with van der Waals surface area (Å²) in [5.41, 5.74) is 1.47. The number of hydrogen-bond donors (Lipinski definition) is 1. The van der Waals surface area contributed by atoms with Crippen LogP contribution in [0.3, 0.4) is 0 Å². The predicted molar refractivity (Wildman–Crippen MR) is 168 cm³/mol. The second kappa shape index (κ2) is 14.5.